The first-order valence-electron chi connectivity index (χ1n) is 7.45. The van der Waals surface area contributed by atoms with Gasteiger partial charge in [-0.05, 0) is 37.1 Å². The Morgan fingerprint density at radius 2 is 1.76 bits per heavy atom. The molecule has 110 valence electrons. The SMILES string of the molecule is Cc1ccc(C2CNCCN2c2ccc(C)cc2Cl)cc1. The highest BCUT2D eigenvalue weighted by Crippen LogP contribution is 2.34. The van der Waals surface area contributed by atoms with Crippen LogP contribution in [0.15, 0.2) is 42.5 Å². The number of aryl methyl sites for hydroxylation is 2. The molecular weight excluding hydrogens is 280 g/mol. The predicted molar refractivity (Wildman–Crippen MR) is 90.3 cm³/mol. The van der Waals surface area contributed by atoms with Gasteiger partial charge < -0.3 is 10.2 Å². The van der Waals surface area contributed by atoms with Gasteiger partial charge in [-0.3, -0.25) is 0 Å². The van der Waals surface area contributed by atoms with Crippen LogP contribution in [-0.4, -0.2) is 19.6 Å². The molecule has 0 aromatic heterocycles. The van der Waals surface area contributed by atoms with Crippen LogP contribution in [0, 0.1) is 13.8 Å². The largest absolute Gasteiger partial charge is 0.361 e. The first kappa shape index (κ1) is 14.4. The van der Waals surface area contributed by atoms with E-state index in [1.807, 2.05) is 6.07 Å². The monoisotopic (exact) mass is 300 g/mol. The second kappa shape index (κ2) is 6.08. The van der Waals surface area contributed by atoms with Gasteiger partial charge in [0.1, 0.15) is 0 Å². The molecule has 0 spiro atoms. The second-order valence-corrected chi connectivity index (χ2v) is 6.19. The van der Waals surface area contributed by atoms with Gasteiger partial charge >= 0.3 is 0 Å². The molecular formula is C18H21ClN2. The highest BCUT2D eigenvalue weighted by atomic mass is 35.5. The van der Waals surface area contributed by atoms with E-state index in [0.29, 0.717) is 6.04 Å². The summed E-state index contributed by atoms with van der Waals surface area (Å²) in [7, 11) is 0. The number of nitrogens with one attached hydrogen (secondary N) is 1. The predicted octanol–water partition coefficient (Wildman–Crippen LogP) is 4.11. The fourth-order valence-corrected chi connectivity index (χ4v) is 3.27. The Kier molecular flexibility index (Phi) is 4.18. The lowest BCUT2D eigenvalue weighted by Gasteiger charge is -2.39. The van der Waals surface area contributed by atoms with Crippen molar-refractivity contribution in [3.05, 3.63) is 64.2 Å². The van der Waals surface area contributed by atoms with Crippen LogP contribution in [0.4, 0.5) is 5.69 Å². The zero-order valence-electron chi connectivity index (χ0n) is 12.6. The zero-order chi connectivity index (χ0) is 14.8. The van der Waals surface area contributed by atoms with E-state index in [4.69, 9.17) is 11.6 Å². The lowest BCUT2D eigenvalue weighted by molar-refractivity contribution is 0.490. The summed E-state index contributed by atoms with van der Waals surface area (Å²) in [6, 6.07) is 15.5. The van der Waals surface area contributed by atoms with Crippen molar-refractivity contribution in [2.24, 2.45) is 0 Å². The standard InChI is InChI=1S/C18H21ClN2/c1-13-3-6-15(7-4-13)18-12-20-9-10-21(18)17-8-5-14(2)11-16(17)19/h3-8,11,18,20H,9-10,12H2,1-2H3. The average Bonchev–Trinajstić information content (AvgIpc) is 2.48. The lowest BCUT2D eigenvalue weighted by atomic mass is 10.0. The number of halogens is 1. The molecule has 2 aromatic carbocycles. The highest BCUT2D eigenvalue weighted by Gasteiger charge is 2.25. The van der Waals surface area contributed by atoms with Crippen molar-refractivity contribution in [1.82, 2.24) is 5.32 Å². The Morgan fingerprint density at radius 3 is 2.48 bits per heavy atom. The summed E-state index contributed by atoms with van der Waals surface area (Å²) in [5.74, 6) is 0. The third-order valence-electron chi connectivity index (χ3n) is 4.12. The summed E-state index contributed by atoms with van der Waals surface area (Å²) in [5.41, 5.74) is 4.96. The molecule has 3 heteroatoms. The number of anilines is 1. The quantitative estimate of drug-likeness (QED) is 0.898. The Bertz CT molecular complexity index is 622. The normalized spacial score (nSPS) is 18.8. The molecule has 2 nitrogen and oxygen atoms in total. The summed E-state index contributed by atoms with van der Waals surface area (Å²) in [4.78, 5) is 2.42. The third kappa shape index (κ3) is 3.07. The van der Waals surface area contributed by atoms with Crippen molar-refractivity contribution in [2.45, 2.75) is 19.9 Å². The molecule has 0 saturated carbocycles. The molecule has 1 aliphatic rings. The van der Waals surface area contributed by atoms with Gasteiger partial charge in [-0.1, -0.05) is 47.5 Å². The maximum absolute atomic E-state index is 6.48. The fraction of sp³-hybridized carbons (Fsp3) is 0.333. The molecule has 0 bridgehead atoms. The number of hydrogen-bond donors (Lipinski definition) is 1. The van der Waals surface area contributed by atoms with Crippen LogP contribution in [0.1, 0.15) is 22.7 Å². The molecule has 0 amide bonds. The fourth-order valence-electron chi connectivity index (χ4n) is 2.92. The van der Waals surface area contributed by atoms with Gasteiger partial charge in [0.05, 0.1) is 16.8 Å². The van der Waals surface area contributed by atoms with Gasteiger partial charge in [-0.2, -0.15) is 0 Å². The van der Waals surface area contributed by atoms with Gasteiger partial charge in [-0.25, -0.2) is 0 Å². The van der Waals surface area contributed by atoms with Crippen molar-refractivity contribution >= 4 is 17.3 Å². The first-order chi connectivity index (χ1) is 10.1. The maximum atomic E-state index is 6.48. The number of hydrogen-bond acceptors (Lipinski definition) is 2. The van der Waals surface area contributed by atoms with Gasteiger partial charge in [0.15, 0.2) is 0 Å². The summed E-state index contributed by atoms with van der Waals surface area (Å²) >= 11 is 6.48. The van der Waals surface area contributed by atoms with Gasteiger partial charge in [0, 0.05) is 19.6 Å². The molecule has 0 radical (unpaired) electrons. The molecule has 1 heterocycles. The molecule has 1 atom stereocenters. The molecule has 1 fully saturated rings. The molecule has 1 aliphatic heterocycles. The van der Waals surface area contributed by atoms with Crippen LogP contribution in [0.2, 0.25) is 5.02 Å². The average molecular weight is 301 g/mol. The van der Waals surface area contributed by atoms with E-state index in [2.05, 4.69) is 60.5 Å². The number of nitrogens with zero attached hydrogens (tertiary/aromatic N) is 1. The molecule has 3 rings (SSSR count). The number of rotatable bonds is 2. The number of piperazine rings is 1. The van der Waals surface area contributed by atoms with Crippen LogP contribution in [0.3, 0.4) is 0 Å². The molecule has 1 N–H and O–H groups in total. The maximum Gasteiger partial charge on any atom is 0.0668 e. The second-order valence-electron chi connectivity index (χ2n) is 5.78. The highest BCUT2D eigenvalue weighted by molar-refractivity contribution is 6.33. The molecule has 2 aromatic rings. The van der Waals surface area contributed by atoms with Gasteiger partial charge in [0.2, 0.25) is 0 Å². The summed E-state index contributed by atoms with van der Waals surface area (Å²) in [6.07, 6.45) is 0. The lowest BCUT2D eigenvalue weighted by Crippen LogP contribution is -2.46. The van der Waals surface area contributed by atoms with E-state index in [0.717, 1.165) is 30.3 Å². The van der Waals surface area contributed by atoms with Crippen molar-refractivity contribution in [3.63, 3.8) is 0 Å². The van der Waals surface area contributed by atoms with E-state index in [1.54, 1.807) is 0 Å². The van der Waals surface area contributed by atoms with E-state index in [9.17, 15) is 0 Å². The minimum Gasteiger partial charge on any atom is -0.361 e. The topological polar surface area (TPSA) is 15.3 Å². The first-order valence-corrected chi connectivity index (χ1v) is 7.83. The summed E-state index contributed by atoms with van der Waals surface area (Å²) in [5, 5.41) is 4.34. The smallest absolute Gasteiger partial charge is 0.0668 e. The Morgan fingerprint density at radius 1 is 1.05 bits per heavy atom. The third-order valence-corrected chi connectivity index (χ3v) is 4.42. The summed E-state index contributed by atoms with van der Waals surface area (Å²) < 4.78 is 0. The Balaban J connectivity index is 1.96. The van der Waals surface area contributed by atoms with Crippen LogP contribution in [0.25, 0.3) is 0 Å². The van der Waals surface area contributed by atoms with Crippen LogP contribution < -0.4 is 10.2 Å². The van der Waals surface area contributed by atoms with Crippen LogP contribution in [-0.2, 0) is 0 Å². The van der Waals surface area contributed by atoms with Crippen molar-refractivity contribution in [1.29, 1.82) is 0 Å². The Labute approximate surface area is 131 Å². The minimum absolute atomic E-state index is 0.333. The zero-order valence-corrected chi connectivity index (χ0v) is 13.3. The van der Waals surface area contributed by atoms with Gasteiger partial charge in [-0.15, -0.1) is 0 Å². The van der Waals surface area contributed by atoms with Crippen molar-refractivity contribution in [3.8, 4) is 0 Å². The molecule has 21 heavy (non-hydrogen) atoms. The van der Waals surface area contributed by atoms with Crippen LogP contribution >= 0.6 is 11.6 Å². The molecule has 1 saturated heterocycles. The van der Waals surface area contributed by atoms with E-state index in [1.165, 1.54) is 16.7 Å². The van der Waals surface area contributed by atoms with Crippen molar-refractivity contribution < 1.29 is 0 Å². The van der Waals surface area contributed by atoms with E-state index >= 15 is 0 Å². The van der Waals surface area contributed by atoms with Crippen molar-refractivity contribution in [2.75, 3.05) is 24.5 Å². The molecule has 0 aliphatic carbocycles. The van der Waals surface area contributed by atoms with Gasteiger partial charge in [0.25, 0.3) is 0 Å². The molecule has 1 unspecified atom stereocenters. The van der Waals surface area contributed by atoms with E-state index < -0.39 is 0 Å². The van der Waals surface area contributed by atoms with Crippen LogP contribution in [0.5, 0.6) is 0 Å². The van der Waals surface area contributed by atoms with E-state index in [-0.39, 0.29) is 0 Å². The number of benzene rings is 2. The minimum atomic E-state index is 0.333. The Hall–Kier alpha value is -1.51. The summed E-state index contributed by atoms with van der Waals surface area (Å²) in [6.45, 7) is 7.11.